The predicted octanol–water partition coefficient (Wildman–Crippen LogP) is 2.44. The maximum Gasteiger partial charge on any atom is 0.289 e. The molecule has 1 aliphatic rings. The first-order valence-corrected chi connectivity index (χ1v) is 7.23. The summed E-state index contributed by atoms with van der Waals surface area (Å²) >= 11 is 7.46. The van der Waals surface area contributed by atoms with E-state index in [4.69, 9.17) is 21.1 Å². The summed E-state index contributed by atoms with van der Waals surface area (Å²) in [6, 6.07) is 7.60. The molecule has 1 aromatic rings. The quantitative estimate of drug-likeness (QED) is 0.670. The van der Waals surface area contributed by atoms with E-state index in [9.17, 15) is 4.79 Å². The highest BCUT2D eigenvalue weighted by molar-refractivity contribution is 7.99. The molecule has 0 radical (unpaired) electrons. The lowest BCUT2D eigenvalue weighted by Gasteiger charge is -2.14. The Hall–Kier alpha value is -1.33. The summed E-state index contributed by atoms with van der Waals surface area (Å²) in [6.45, 7) is 1.47. The number of ether oxygens (including phenoxy) is 2. The number of amides is 1. The highest BCUT2D eigenvalue weighted by atomic mass is 35.5. The van der Waals surface area contributed by atoms with Gasteiger partial charge in [-0.2, -0.15) is 0 Å². The molecule has 1 N–H and O–H groups in total. The van der Waals surface area contributed by atoms with Crippen LogP contribution < -0.4 is 5.32 Å². The van der Waals surface area contributed by atoms with E-state index in [0.29, 0.717) is 19.8 Å². The largest absolute Gasteiger partial charge is 0.494 e. The zero-order chi connectivity index (χ0) is 13.5. The Labute approximate surface area is 121 Å². The van der Waals surface area contributed by atoms with Crippen LogP contribution in [-0.4, -0.2) is 31.4 Å². The molecule has 0 fully saturated rings. The van der Waals surface area contributed by atoms with E-state index in [1.165, 1.54) is 6.26 Å². The van der Waals surface area contributed by atoms with E-state index < -0.39 is 0 Å². The van der Waals surface area contributed by atoms with Crippen molar-refractivity contribution in [2.75, 3.05) is 25.5 Å². The van der Waals surface area contributed by atoms with E-state index in [0.717, 1.165) is 15.7 Å². The zero-order valence-corrected chi connectivity index (χ0v) is 11.8. The normalized spacial score (nSPS) is 14.1. The van der Waals surface area contributed by atoms with Gasteiger partial charge in [0.2, 0.25) is 5.76 Å². The van der Waals surface area contributed by atoms with Crippen molar-refractivity contribution in [3.8, 4) is 0 Å². The summed E-state index contributed by atoms with van der Waals surface area (Å²) in [5.74, 6) is 0.778. The molecular formula is C13H14ClNO3S. The van der Waals surface area contributed by atoms with Crippen molar-refractivity contribution in [3.05, 3.63) is 41.3 Å². The molecule has 0 atom stereocenters. The molecule has 1 aliphatic heterocycles. The maximum absolute atomic E-state index is 11.6. The van der Waals surface area contributed by atoms with Gasteiger partial charge in [0.25, 0.3) is 5.91 Å². The number of nitrogens with one attached hydrogen (secondary N) is 1. The third-order valence-electron chi connectivity index (χ3n) is 2.34. The Balaban J connectivity index is 1.67. The summed E-state index contributed by atoms with van der Waals surface area (Å²) in [5.41, 5.74) is 0. The molecule has 0 saturated heterocycles. The topological polar surface area (TPSA) is 47.6 Å². The van der Waals surface area contributed by atoms with Gasteiger partial charge in [-0.15, -0.1) is 11.8 Å². The van der Waals surface area contributed by atoms with Gasteiger partial charge in [-0.3, -0.25) is 4.79 Å². The Morgan fingerprint density at radius 1 is 1.32 bits per heavy atom. The molecule has 0 bridgehead atoms. The first-order valence-electron chi connectivity index (χ1n) is 5.87. The van der Waals surface area contributed by atoms with Crippen molar-refractivity contribution in [2.24, 2.45) is 0 Å². The predicted molar refractivity (Wildman–Crippen MR) is 75.2 cm³/mol. The lowest BCUT2D eigenvalue weighted by atomic mass is 10.4. The summed E-state index contributed by atoms with van der Waals surface area (Å²) in [5, 5.41) is 3.50. The molecule has 0 saturated carbocycles. The lowest BCUT2D eigenvalue weighted by Crippen LogP contribution is -2.30. The van der Waals surface area contributed by atoms with Gasteiger partial charge in [0, 0.05) is 22.2 Å². The molecule has 1 heterocycles. The molecule has 0 aromatic heterocycles. The van der Waals surface area contributed by atoms with E-state index >= 15 is 0 Å². The minimum atomic E-state index is -0.239. The van der Waals surface area contributed by atoms with Gasteiger partial charge >= 0.3 is 0 Å². The lowest BCUT2D eigenvalue weighted by molar-refractivity contribution is -0.122. The van der Waals surface area contributed by atoms with Crippen LogP contribution in [-0.2, 0) is 14.3 Å². The van der Waals surface area contributed by atoms with Gasteiger partial charge in [0.15, 0.2) is 0 Å². The first kappa shape index (κ1) is 14.1. The fourth-order valence-electron chi connectivity index (χ4n) is 1.44. The van der Waals surface area contributed by atoms with Crippen molar-refractivity contribution in [1.82, 2.24) is 5.32 Å². The zero-order valence-electron chi connectivity index (χ0n) is 10.2. The number of halogens is 1. The second kappa shape index (κ2) is 7.31. The number of rotatable bonds is 5. The Kier molecular flexibility index (Phi) is 5.42. The van der Waals surface area contributed by atoms with Crippen molar-refractivity contribution >= 4 is 29.3 Å². The van der Waals surface area contributed by atoms with Crippen LogP contribution in [0.3, 0.4) is 0 Å². The van der Waals surface area contributed by atoms with Gasteiger partial charge in [-0.25, -0.2) is 0 Å². The number of hydrogen-bond donors (Lipinski definition) is 1. The third kappa shape index (κ3) is 4.69. The molecule has 1 aromatic carbocycles. The van der Waals surface area contributed by atoms with Crippen LogP contribution in [0, 0.1) is 0 Å². The van der Waals surface area contributed by atoms with Crippen LogP contribution in [0.1, 0.15) is 0 Å². The Bertz CT molecular complexity index is 461. The fraction of sp³-hybridized carbons (Fsp3) is 0.308. The van der Waals surface area contributed by atoms with Crippen molar-refractivity contribution in [1.29, 1.82) is 0 Å². The van der Waals surface area contributed by atoms with Crippen LogP contribution in [0.4, 0.5) is 0 Å². The van der Waals surface area contributed by atoms with Gasteiger partial charge in [0.1, 0.15) is 19.5 Å². The number of hydrogen-bond acceptors (Lipinski definition) is 4. The smallest absolute Gasteiger partial charge is 0.289 e. The monoisotopic (exact) mass is 299 g/mol. The molecule has 19 heavy (non-hydrogen) atoms. The molecule has 4 nitrogen and oxygen atoms in total. The van der Waals surface area contributed by atoms with Gasteiger partial charge in [-0.1, -0.05) is 11.6 Å². The molecule has 0 aliphatic carbocycles. The number of carbonyl (C=O) groups excluding carboxylic acids is 1. The summed E-state index contributed by atoms with van der Waals surface area (Å²) < 4.78 is 10.2. The second-order valence-corrected chi connectivity index (χ2v) is 5.36. The van der Waals surface area contributed by atoms with Crippen molar-refractivity contribution in [3.63, 3.8) is 0 Å². The van der Waals surface area contributed by atoms with E-state index in [-0.39, 0.29) is 11.7 Å². The van der Waals surface area contributed by atoms with Gasteiger partial charge < -0.3 is 14.8 Å². The molecule has 0 unspecified atom stereocenters. The van der Waals surface area contributed by atoms with Crippen LogP contribution in [0.5, 0.6) is 0 Å². The van der Waals surface area contributed by atoms with Crippen LogP contribution in [0.25, 0.3) is 0 Å². The van der Waals surface area contributed by atoms with Gasteiger partial charge in [-0.05, 0) is 24.3 Å². The van der Waals surface area contributed by atoms with Crippen molar-refractivity contribution in [2.45, 2.75) is 4.90 Å². The number of thioether (sulfide) groups is 1. The average Bonchev–Trinajstić information content (AvgIpc) is 2.46. The minimum absolute atomic E-state index is 0.239. The Morgan fingerprint density at radius 2 is 2.11 bits per heavy atom. The number of carbonyl (C=O) groups is 1. The summed E-state index contributed by atoms with van der Waals surface area (Å²) in [7, 11) is 0. The highest BCUT2D eigenvalue weighted by Crippen LogP contribution is 2.19. The average molecular weight is 300 g/mol. The fourth-order valence-corrected chi connectivity index (χ4v) is 2.33. The molecule has 1 amide bonds. The molecule has 2 rings (SSSR count). The minimum Gasteiger partial charge on any atom is -0.494 e. The third-order valence-corrected chi connectivity index (χ3v) is 3.61. The molecular weight excluding hydrogens is 286 g/mol. The highest BCUT2D eigenvalue weighted by Gasteiger charge is 2.13. The Morgan fingerprint density at radius 3 is 2.79 bits per heavy atom. The molecule has 102 valence electrons. The van der Waals surface area contributed by atoms with E-state index in [1.807, 2.05) is 24.3 Å². The molecule has 6 heteroatoms. The first-order chi connectivity index (χ1) is 9.25. The van der Waals surface area contributed by atoms with Crippen LogP contribution in [0.15, 0.2) is 41.2 Å². The van der Waals surface area contributed by atoms with E-state index in [1.54, 1.807) is 11.8 Å². The SMILES string of the molecule is O=C(NCCSc1ccc(Cl)cc1)C1=COCCO1. The molecule has 0 spiro atoms. The standard InChI is InChI=1S/C13H14ClNO3S/c14-10-1-3-11(4-2-10)19-8-5-15-13(16)12-9-17-6-7-18-12/h1-4,9H,5-8H2,(H,15,16). The van der Waals surface area contributed by atoms with Gasteiger partial charge in [0.05, 0.1) is 0 Å². The second-order valence-electron chi connectivity index (χ2n) is 3.76. The van der Waals surface area contributed by atoms with Crippen LogP contribution in [0.2, 0.25) is 5.02 Å². The van der Waals surface area contributed by atoms with Crippen LogP contribution >= 0.6 is 23.4 Å². The summed E-state index contributed by atoms with van der Waals surface area (Å²) in [4.78, 5) is 12.8. The number of benzene rings is 1. The van der Waals surface area contributed by atoms with Crippen molar-refractivity contribution < 1.29 is 14.3 Å². The summed E-state index contributed by atoms with van der Waals surface area (Å²) in [6.07, 6.45) is 1.35. The maximum atomic E-state index is 11.6. The van der Waals surface area contributed by atoms with E-state index in [2.05, 4.69) is 5.32 Å².